The van der Waals surface area contributed by atoms with Crippen LogP contribution in [-0.2, 0) is 14.9 Å². The number of allylic oxidation sites excluding steroid dienone is 3. The van der Waals surface area contributed by atoms with Crippen LogP contribution in [0.15, 0.2) is 24.0 Å². The van der Waals surface area contributed by atoms with E-state index in [4.69, 9.17) is 9.47 Å². The second-order valence-electron chi connectivity index (χ2n) is 8.30. The predicted molar refractivity (Wildman–Crippen MR) is 113 cm³/mol. The molecule has 0 radical (unpaired) electrons. The monoisotopic (exact) mass is 388 g/mol. The number of carbonyl (C=O) groups excluding carboxylic acids is 1. The van der Waals surface area contributed by atoms with Gasteiger partial charge in [-0.05, 0) is 66.9 Å². The summed E-state index contributed by atoms with van der Waals surface area (Å²) in [6.45, 7) is 14.7. The SMILES string of the molecule is CCCOc1cc2c(cc1/C(C)=C(\F)C(=O)OCC)C(C(C)C)=CCC2(C)C. The zero-order valence-electron chi connectivity index (χ0n) is 18.2. The summed E-state index contributed by atoms with van der Waals surface area (Å²) in [6, 6.07) is 4.03. The molecule has 0 bridgehead atoms. The second kappa shape index (κ2) is 8.93. The minimum absolute atomic E-state index is 0.0338. The van der Waals surface area contributed by atoms with Crippen LogP contribution in [0.3, 0.4) is 0 Å². The minimum atomic E-state index is -0.931. The number of esters is 1. The molecule has 0 aliphatic heterocycles. The van der Waals surface area contributed by atoms with Gasteiger partial charge in [0.05, 0.1) is 13.2 Å². The van der Waals surface area contributed by atoms with E-state index in [2.05, 4.69) is 33.8 Å². The van der Waals surface area contributed by atoms with Crippen molar-refractivity contribution in [3.05, 3.63) is 40.7 Å². The van der Waals surface area contributed by atoms with E-state index < -0.39 is 11.8 Å². The Balaban J connectivity index is 2.71. The van der Waals surface area contributed by atoms with Crippen LogP contribution in [-0.4, -0.2) is 19.2 Å². The molecule has 1 aliphatic carbocycles. The Morgan fingerprint density at radius 2 is 1.93 bits per heavy atom. The molecule has 0 heterocycles. The number of ether oxygens (including phenoxy) is 2. The van der Waals surface area contributed by atoms with Gasteiger partial charge in [-0.3, -0.25) is 0 Å². The van der Waals surface area contributed by atoms with E-state index >= 15 is 0 Å². The molecule has 0 unspecified atom stereocenters. The normalized spacial score (nSPS) is 16.2. The minimum Gasteiger partial charge on any atom is -0.493 e. The lowest BCUT2D eigenvalue weighted by atomic mass is 9.70. The first kappa shape index (κ1) is 22.2. The molecule has 0 atom stereocenters. The molecule has 0 aromatic heterocycles. The van der Waals surface area contributed by atoms with Gasteiger partial charge in [-0.15, -0.1) is 0 Å². The lowest BCUT2D eigenvalue weighted by Gasteiger charge is -2.34. The van der Waals surface area contributed by atoms with Gasteiger partial charge in [-0.2, -0.15) is 4.39 Å². The van der Waals surface area contributed by atoms with Gasteiger partial charge in [0.2, 0.25) is 5.83 Å². The van der Waals surface area contributed by atoms with E-state index in [-0.39, 0.29) is 17.6 Å². The van der Waals surface area contributed by atoms with Crippen molar-refractivity contribution in [3.8, 4) is 5.75 Å². The van der Waals surface area contributed by atoms with Crippen LogP contribution in [0.1, 0.15) is 78.0 Å². The highest BCUT2D eigenvalue weighted by molar-refractivity contribution is 5.96. The molecular weight excluding hydrogens is 355 g/mol. The summed E-state index contributed by atoms with van der Waals surface area (Å²) < 4.78 is 25.6. The van der Waals surface area contributed by atoms with Crippen molar-refractivity contribution in [1.29, 1.82) is 0 Å². The van der Waals surface area contributed by atoms with Crippen LogP contribution in [0.4, 0.5) is 4.39 Å². The summed E-state index contributed by atoms with van der Waals surface area (Å²) in [5.74, 6) is -0.827. The highest BCUT2D eigenvalue weighted by Crippen LogP contribution is 2.45. The van der Waals surface area contributed by atoms with Gasteiger partial charge in [0.15, 0.2) is 0 Å². The highest BCUT2D eigenvalue weighted by atomic mass is 19.1. The van der Waals surface area contributed by atoms with Crippen molar-refractivity contribution >= 4 is 17.1 Å². The molecule has 0 saturated heterocycles. The Morgan fingerprint density at radius 3 is 2.50 bits per heavy atom. The highest BCUT2D eigenvalue weighted by Gasteiger charge is 2.31. The first-order chi connectivity index (χ1) is 13.1. The fourth-order valence-corrected chi connectivity index (χ4v) is 3.60. The summed E-state index contributed by atoms with van der Waals surface area (Å²) >= 11 is 0. The van der Waals surface area contributed by atoms with Crippen molar-refractivity contribution < 1.29 is 18.7 Å². The molecule has 1 aromatic carbocycles. The lowest BCUT2D eigenvalue weighted by molar-refractivity contribution is -0.140. The molecule has 1 aliphatic rings. The fraction of sp³-hybridized carbons (Fsp3) is 0.542. The Labute approximate surface area is 168 Å². The summed E-state index contributed by atoms with van der Waals surface area (Å²) in [4.78, 5) is 11.9. The Kier molecular flexibility index (Phi) is 7.08. The van der Waals surface area contributed by atoms with Crippen LogP contribution >= 0.6 is 0 Å². The van der Waals surface area contributed by atoms with E-state index in [0.29, 0.717) is 23.8 Å². The standard InChI is InChI=1S/C24H33FO3/c1-8-12-28-21-14-20-19(17(15(3)4)10-11-24(20,6)7)13-18(21)16(5)22(25)23(26)27-9-2/h10,13-15H,8-9,11-12H2,1-7H3/b22-16-. The third-order valence-corrected chi connectivity index (χ3v) is 5.26. The molecule has 0 amide bonds. The van der Waals surface area contributed by atoms with Crippen LogP contribution in [0.5, 0.6) is 5.75 Å². The third kappa shape index (κ3) is 4.48. The first-order valence-corrected chi connectivity index (χ1v) is 10.2. The van der Waals surface area contributed by atoms with E-state index in [1.807, 2.05) is 19.1 Å². The van der Waals surface area contributed by atoms with Gasteiger partial charge in [-0.1, -0.05) is 40.7 Å². The number of rotatable bonds is 7. The fourth-order valence-electron chi connectivity index (χ4n) is 3.60. The number of hydrogen-bond donors (Lipinski definition) is 0. The molecule has 0 saturated carbocycles. The molecule has 154 valence electrons. The summed E-state index contributed by atoms with van der Waals surface area (Å²) in [6.07, 6.45) is 4.08. The quantitative estimate of drug-likeness (QED) is 0.397. The van der Waals surface area contributed by atoms with Crippen molar-refractivity contribution in [2.75, 3.05) is 13.2 Å². The van der Waals surface area contributed by atoms with Crippen LogP contribution in [0.2, 0.25) is 0 Å². The smallest absolute Gasteiger partial charge is 0.367 e. The molecule has 2 rings (SSSR count). The maximum atomic E-state index is 14.7. The zero-order chi connectivity index (χ0) is 21.1. The van der Waals surface area contributed by atoms with Crippen molar-refractivity contribution in [1.82, 2.24) is 0 Å². The molecule has 0 N–H and O–H groups in total. The number of benzene rings is 1. The maximum absolute atomic E-state index is 14.7. The Morgan fingerprint density at radius 1 is 1.25 bits per heavy atom. The van der Waals surface area contributed by atoms with E-state index in [1.54, 1.807) is 13.8 Å². The zero-order valence-corrected chi connectivity index (χ0v) is 18.2. The van der Waals surface area contributed by atoms with Gasteiger partial charge >= 0.3 is 5.97 Å². The average Bonchev–Trinajstić information content (AvgIpc) is 2.64. The van der Waals surface area contributed by atoms with E-state index in [0.717, 1.165) is 18.4 Å². The molecular formula is C24H33FO3. The largest absolute Gasteiger partial charge is 0.493 e. The van der Waals surface area contributed by atoms with Gasteiger partial charge in [0, 0.05) is 11.1 Å². The van der Waals surface area contributed by atoms with Crippen molar-refractivity contribution in [3.63, 3.8) is 0 Å². The van der Waals surface area contributed by atoms with E-state index in [1.165, 1.54) is 11.1 Å². The Hall–Kier alpha value is -2.10. The number of halogens is 1. The topological polar surface area (TPSA) is 35.5 Å². The van der Waals surface area contributed by atoms with E-state index in [9.17, 15) is 9.18 Å². The number of fused-ring (bicyclic) bond motifs is 1. The second-order valence-corrected chi connectivity index (χ2v) is 8.30. The number of hydrogen-bond acceptors (Lipinski definition) is 3. The molecule has 3 nitrogen and oxygen atoms in total. The van der Waals surface area contributed by atoms with Gasteiger partial charge < -0.3 is 9.47 Å². The van der Waals surface area contributed by atoms with Gasteiger partial charge in [-0.25, -0.2) is 4.79 Å². The summed E-state index contributed by atoms with van der Waals surface area (Å²) in [5, 5.41) is 0. The van der Waals surface area contributed by atoms with Crippen LogP contribution in [0, 0.1) is 5.92 Å². The Bertz CT molecular complexity index is 800. The summed E-state index contributed by atoms with van der Waals surface area (Å²) in [5.41, 5.74) is 4.40. The predicted octanol–water partition coefficient (Wildman–Crippen LogP) is 6.46. The van der Waals surface area contributed by atoms with Gasteiger partial charge in [0.1, 0.15) is 5.75 Å². The van der Waals surface area contributed by atoms with Crippen LogP contribution in [0.25, 0.3) is 11.1 Å². The molecule has 4 heteroatoms. The van der Waals surface area contributed by atoms with Crippen molar-refractivity contribution in [2.45, 2.75) is 66.7 Å². The van der Waals surface area contributed by atoms with Crippen molar-refractivity contribution in [2.24, 2.45) is 5.92 Å². The molecule has 0 spiro atoms. The number of carbonyl (C=O) groups is 1. The third-order valence-electron chi connectivity index (χ3n) is 5.26. The molecule has 1 aromatic rings. The summed E-state index contributed by atoms with van der Waals surface area (Å²) in [7, 11) is 0. The van der Waals surface area contributed by atoms with Crippen LogP contribution < -0.4 is 4.74 Å². The first-order valence-electron chi connectivity index (χ1n) is 10.2. The molecule has 28 heavy (non-hydrogen) atoms. The maximum Gasteiger partial charge on any atom is 0.367 e. The lowest BCUT2D eigenvalue weighted by Crippen LogP contribution is -2.23. The average molecular weight is 389 g/mol. The van der Waals surface area contributed by atoms with Gasteiger partial charge in [0.25, 0.3) is 0 Å². The molecule has 0 fully saturated rings.